The van der Waals surface area contributed by atoms with Gasteiger partial charge < -0.3 is 24.8 Å². The Morgan fingerprint density at radius 1 is 1.10 bits per heavy atom. The molecule has 1 aromatic carbocycles. The van der Waals surface area contributed by atoms with Gasteiger partial charge in [-0.25, -0.2) is 0 Å². The van der Waals surface area contributed by atoms with Crippen molar-refractivity contribution in [1.82, 2.24) is 24.8 Å². The second-order valence-corrected chi connectivity index (χ2v) is 9.98. The Morgan fingerprint density at radius 3 is 2.67 bits per heavy atom. The Kier molecular flexibility index (Phi) is 7.88. The minimum atomic E-state index is -0.150. The molecule has 5 rings (SSSR count). The summed E-state index contributed by atoms with van der Waals surface area (Å²) in [4.78, 5) is 24.0. The Balaban J connectivity index is 1.43. The lowest BCUT2D eigenvalue weighted by atomic mass is 9.96. The summed E-state index contributed by atoms with van der Waals surface area (Å²) in [5.74, 6) is 0.516. The van der Waals surface area contributed by atoms with E-state index in [4.69, 9.17) is 17.0 Å². The molecule has 1 fully saturated rings. The van der Waals surface area contributed by atoms with Gasteiger partial charge in [-0.05, 0) is 73.6 Å². The van der Waals surface area contributed by atoms with Crippen LogP contribution in [0, 0.1) is 13.8 Å². The number of hydrogen-bond acceptors (Lipinski definition) is 5. The summed E-state index contributed by atoms with van der Waals surface area (Å²) in [6.45, 7) is 5.44. The topological polar surface area (TPSA) is 84.3 Å². The number of amides is 1. The first kappa shape index (κ1) is 26.4. The Labute approximate surface area is 234 Å². The zero-order chi connectivity index (χ0) is 27.4. The fraction of sp³-hybridized carbons (Fsp3) is 0.267. The number of para-hydroxylation sites is 2. The molecule has 200 valence electrons. The molecule has 1 aliphatic heterocycles. The molecule has 0 spiro atoms. The maximum absolute atomic E-state index is 13.0. The molecule has 9 heteroatoms. The van der Waals surface area contributed by atoms with Crippen LogP contribution in [-0.4, -0.2) is 44.1 Å². The SMILES string of the molecule is COc1ccccc1NC(=O)CCN1C(=S)N[C@H](c2ccccn2)[C@@H]1c1cc(C)n(Cc2cccnc2)c1C. The number of benzene rings is 1. The first-order chi connectivity index (χ1) is 19.0. The van der Waals surface area contributed by atoms with Crippen molar-refractivity contribution in [2.45, 2.75) is 38.9 Å². The van der Waals surface area contributed by atoms with Crippen LogP contribution in [0.2, 0.25) is 0 Å². The van der Waals surface area contributed by atoms with Gasteiger partial charge in [0, 0.05) is 49.5 Å². The zero-order valence-electron chi connectivity index (χ0n) is 22.3. The molecule has 0 unspecified atom stereocenters. The van der Waals surface area contributed by atoms with Gasteiger partial charge in [-0.3, -0.25) is 14.8 Å². The van der Waals surface area contributed by atoms with E-state index in [0.717, 1.165) is 34.8 Å². The molecule has 0 bridgehead atoms. The van der Waals surface area contributed by atoms with Crippen LogP contribution in [-0.2, 0) is 11.3 Å². The van der Waals surface area contributed by atoms with E-state index in [9.17, 15) is 4.79 Å². The van der Waals surface area contributed by atoms with Crippen molar-refractivity contribution in [3.05, 3.63) is 107 Å². The van der Waals surface area contributed by atoms with Gasteiger partial charge in [0.05, 0.1) is 30.6 Å². The quantitative estimate of drug-likeness (QED) is 0.291. The van der Waals surface area contributed by atoms with Gasteiger partial charge in [-0.2, -0.15) is 0 Å². The standard InChI is InChI=1S/C30H32N6O2S/c1-20-17-23(21(2)36(20)19-22-9-8-14-31-18-22)29-28(25-11-6-7-15-32-25)34-30(39)35(29)16-13-27(37)33-24-10-4-5-12-26(24)38-3/h4-12,14-15,17-18,28-29H,13,16,19H2,1-3H3,(H,33,37)(H,34,39)/t28-,29+/m1/s1. The van der Waals surface area contributed by atoms with Crippen LogP contribution in [0.3, 0.4) is 0 Å². The number of nitrogens with one attached hydrogen (secondary N) is 2. The second kappa shape index (κ2) is 11.7. The lowest BCUT2D eigenvalue weighted by Gasteiger charge is -2.28. The van der Waals surface area contributed by atoms with Crippen LogP contribution in [0.5, 0.6) is 5.75 Å². The first-order valence-corrected chi connectivity index (χ1v) is 13.3. The molecule has 3 aromatic heterocycles. The van der Waals surface area contributed by atoms with Gasteiger partial charge >= 0.3 is 0 Å². The van der Waals surface area contributed by atoms with Crippen molar-refractivity contribution >= 4 is 28.9 Å². The predicted molar refractivity (Wildman–Crippen MR) is 156 cm³/mol. The summed E-state index contributed by atoms with van der Waals surface area (Å²) >= 11 is 5.82. The number of pyridine rings is 2. The van der Waals surface area contributed by atoms with E-state index in [1.807, 2.05) is 54.7 Å². The molecule has 4 aromatic rings. The van der Waals surface area contributed by atoms with Crippen molar-refractivity contribution in [1.29, 1.82) is 0 Å². The average Bonchev–Trinajstić information content (AvgIpc) is 3.43. The molecular weight excluding hydrogens is 508 g/mol. The average molecular weight is 541 g/mol. The molecule has 2 N–H and O–H groups in total. The number of ether oxygens (including phenoxy) is 1. The molecule has 1 amide bonds. The normalized spacial score (nSPS) is 16.7. The number of carbonyl (C=O) groups excluding carboxylic acids is 1. The molecule has 4 heterocycles. The molecule has 1 aliphatic rings. The van der Waals surface area contributed by atoms with Gasteiger partial charge in [0.2, 0.25) is 5.91 Å². The molecule has 0 saturated carbocycles. The lowest BCUT2D eigenvalue weighted by molar-refractivity contribution is -0.116. The fourth-order valence-electron chi connectivity index (χ4n) is 5.21. The summed E-state index contributed by atoms with van der Waals surface area (Å²) in [7, 11) is 1.59. The predicted octanol–water partition coefficient (Wildman–Crippen LogP) is 4.95. The highest BCUT2D eigenvalue weighted by Crippen LogP contribution is 2.41. The van der Waals surface area contributed by atoms with Crippen LogP contribution < -0.4 is 15.4 Å². The molecule has 0 aliphatic carbocycles. The second-order valence-electron chi connectivity index (χ2n) is 9.59. The highest BCUT2D eigenvalue weighted by atomic mass is 32.1. The minimum Gasteiger partial charge on any atom is -0.495 e. The minimum absolute atomic E-state index is 0.107. The van der Waals surface area contributed by atoms with Crippen LogP contribution in [0.1, 0.15) is 46.7 Å². The number of nitrogens with zero attached hydrogens (tertiary/aromatic N) is 4. The smallest absolute Gasteiger partial charge is 0.226 e. The van der Waals surface area contributed by atoms with Crippen molar-refractivity contribution < 1.29 is 9.53 Å². The van der Waals surface area contributed by atoms with Crippen LogP contribution >= 0.6 is 12.2 Å². The summed E-state index contributed by atoms with van der Waals surface area (Å²) < 4.78 is 7.68. The van der Waals surface area contributed by atoms with Crippen molar-refractivity contribution in [2.24, 2.45) is 0 Å². The monoisotopic (exact) mass is 540 g/mol. The van der Waals surface area contributed by atoms with Gasteiger partial charge in [0.1, 0.15) is 5.75 Å². The maximum Gasteiger partial charge on any atom is 0.226 e. The highest BCUT2D eigenvalue weighted by molar-refractivity contribution is 7.80. The molecular formula is C30H32N6O2S. The third kappa shape index (κ3) is 5.63. The number of anilines is 1. The number of carbonyl (C=O) groups is 1. The molecule has 2 atom stereocenters. The number of rotatable bonds is 9. The molecule has 0 radical (unpaired) electrons. The molecule has 8 nitrogen and oxygen atoms in total. The summed E-state index contributed by atoms with van der Waals surface area (Å²) in [5, 5.41) is 7.07. The summed E-state index contributed by atoms with van der Waals surface area (Å²) in [6, 6.07) is 19.3. The summed E-state index contributed by atoms with van der Waals surface area (Å²) in [5.41, 5.74) is 6.15. The third-order valence-electron chi connectivity index (χ3n) is 7.15. The maximum atomic E-state index is 13.0. The Bertz CT molecular complexity index is 1460. The van der Waals surface area contributed by atoms with E-state index in [1.54, 1.807) is 19.5 Å². The third-order valence-corrected chi connectivity index (χ3v) is 7.51. The number of aryl methyl sites for hydroxylation is 1. The van der Waals surface area contributed by atoms with Crippen molar-refractivity contribution in [2.75, 3.05) is 19.0 Å². The number of aromatic nitrogens is 3. The van der Waals surface area contributed by atoms with Crippen LogP contribution in [0.25, 0.3) is 0 Å². The number of thiocarbonyl (C=S) groups is 1. The fourth-order valence-corrected chi connectivity index (χ4v) is 5.54. The lowest BCUT2D eigenvalue weighted by Crippen LogP contribution is -2.33. The van der Waals surface area contributed by atoms with E-state index < -0.39 is 0 Å². The van der Waals surface area contributed by atoms with E-state index in [2.05, 4.69) is 56.0 Å². The zero-order valence-corrected chi connectivity index (χ0v) is 23.1. The largest absolute Gasteiger partial charge is 0.495 e. The van der Waals surface area contributed by atoms with Gasteiger partial charge in [-0.1, -0.05) is 24.3 Å². The van der Waals surface area contributed by atoms with E-state index >= 15 is 0 Å². The van der Waals surface area contributed by atoms with Crippen molar-refractivity contribution in [3.63, 3.8) is 0 Å². The van der Waals surface area contributed by atoms with Gasteiger partial charge in [0.15, 0.2) is 5.11 Å². The highest BCUT2D eigenvalue weighted by Gasteiger charge is 2.41. The van der Waals surface area contributed by atoms with E-state index in [-0.39, 0.29) is 24.4 Å². The van der Waals surface area contributed by atoms with Gasteiger partial charge in [0.25, 0.3) is 0 Å². The van der Waals surface area contributed by atoms with Crippen molar-refractivity contribution in [3.8, 4) is 5.75 Å². The van der Waals surface area contributed by atoms with Crippen LogP contribution in [0.4, 0.5) is 5.69 Å². The Hall–Kier alpha value is -4.24. The molecule has 1 saturated heterocycles. The first-order valence-electron chi connectivity index (χ1n) is 12.9. The summed E-state index contributed by atoms with van der Waals surface area (Å²) in [6.07, 6.45) is 5.74. The van der Waals surface area contributed by atoms with Crippen LogP contribution in [0.15, 0.2) is 79.3 Å². The molecule has 39 heavy (non-hydrogen) atoms. The number of methoxy groups -OCH3 is 1. The van der Waals surface area contributed by atoms with Gasteiger partial charge in [-0.15, -0.1) is 0 Å². The van der Waals surface area contributed by atoms with E-state index in [1.165, 1.54) is 0 Å². The van der Waals surface area contributed by atoms with E-state index in [0.29, 0.717) is 23.1 Å². The Morgan fingerprint density at radius 2 is 1.92 bits per heavy atom. The number of hydrogen-bond donors (Lipinski definition) is 2.